The van der Waals surface area contributed by atoms with Gasteiger partial charge in [0.25, 0.3) is 5.56 Å². The molecular formula is C32H37N5O3. The number of benzene rings is 2. The largest absolute Gasteiger partial charge is 0.388 e. The standard InChI is InChI=1S/C32H37N5O3/c1-34-16-12-27-29(34)33-23-37(31(27)39)22-32(40)14-18-36(19-15-32)30(38)26-13-17-35(20-24-8-4-2-5-9-24)21-28(26)25-10-6-3-7-11-25/h2-12,16,23,26,28,40H,13-15,17-22H2,1H3/t26-,28+/m1/s1. The summed E-state index contributed by atoms with van der Waals surface area (Å²) in [7, 11) is 1.86. The lowest BCUT2D eigenvalue weighted by atomic mass is 9.79. The van der Waals surface area contributed by atoms with Crippen molar-refractivity contribution in [3.05, 3.63) is 101 Å². The molecule has 0 radical (unpaired) electrons. The Hall–Kier alpha value is -3.75. The van der Waals surface area contributed by atoms with Gasteiger partial charge in [-0.25, -0.2) is 4.98 Å². The van der Waals surface area contributed by atoms with Crippen LogP contribution in [-0.4, -0.2) is 66.7 Å². The van der Waals surface area contributed by atoms with Gasteiger partial charge in [0.05, 0.1) is 17.5 Å². The highest BCUT2D eigenvalue weighted by Gasteiger charge is 2.40. The Morgan fingerprint density at radius 2 is 1.70 bits per heavy atom. The Morgan fingerprint density at radius 3 is 2.42 bits per heavy atom. The van der Waals surface area contributed by atoms with Gasteiger partial charge in [0.2, 0.25) is 5.91 Å². The van der Waals surface area contributed by atoms with Crippen molar-refractivity contribution in [2.45, 2.75) is 43.9 Å². The van der Waals surface area contributed by atoms with Gasteiger partial charge in [-0.05, 0) is 43.0 Å². The van der Waals surface area contributed by atoms with Gasteiger partial charge in [0.1, 0.15) is 12.0 Å². The van der Waals surface area contributed by atoms with E-state index in [1.165, 1.54) is 22.0 Å². The molecule has 0 spiro atoms. The third-order valence-electron chi connectivity index (χ3n) is 8.81. The summed E-state index contributed by atoms with van der Waals surface area (Å²) in [4.78, 5) is 35.7. The zero-order valence-corrected chi connectivity index (χ0v) is 23.0. The molecule has 2 aromatic heterocycles. The van der Waals surface area contributed by atoms with Crippen molar-refractivity contribution >= 4 is 16.9 Å². The van der Waals surface area contributed by atoms with Crippen molar-refractivity contribution in [3.63, 3.8) is 0 Å². The predicted molar refractivity (Wildman–Crippen MR) is 155 cm³/mol. The van der Waals surface area contributed by atoms with Gasteiger partial charge in [-0.15, -0.1) is 0 Å². The SMILES string of the molecule is Cn1ccc2c(=O)n(CC3(O)CCN(C(=O)[C@@H]4CCN(Cc5ccccc5)C[C@H]4c4ccccc4)CC3)cnc21. The van der Waals surface area contributed by atoms with Crippen LogP contribution in [0.1, 0.15) is 36.3 Å². The molecule has 6 rings (SSSR count). The van der Waals surface area contributed by atoms with E-state index in [4.69, 9.17) is 0 Å². The van der Waals surface area contributed by atoms with Crippen LogP contribution in [-0.2, 0) is 24.9 Å². The number of amides is 1. The second-order valence-corrected chi connectivity index (χ2v) is 11.5. The first-order valence-corrected chi connectivity index (χ1v) is 14.2. The molecule has 2 saturated heterocycles. The van der Waals surface area contributed by atoms with Crippen LogP contribution in [0.4, 0.5) is 0 Å². The molecule has 1 N–H and O–H groups in total. The zero-order valence-electron chi connectivity index (χ0n) is 23.0. The van der Waals surface area contributed by atoms with Gasteiger partial charge in [0, 0.05) is 51.3 Å². The van der Waals surface area contributed by atoms with Gasteiger partial charge in [-0.2, -0.15) is 0 Å². The van der Waals surface area contributed by atoms with E-state index in [0.29, 0.717) is 37.0 Å². The van der Waals surface area contributed by atoms with E-state index in [1.807, 2.05) is 34.8 Å². The normalized spacial score (nSPS) is 21.5. The van der Waals surface area contributed by atoms with E-state index >= 15 is 0 Å². The van der Waals surface area contributed by atoms with Crippen LogP contribution in [0.25, 0.3) is 11.0 Å². The average molecular weight is 540 g/mol. The topological polar surface area (TPSA) is 83.6 Å². The number of piperidine rings is 2. The van der Waals surface area contributed by atoms with Gasteiger partial charge in [-0.1, -0.05) is 60.7 Å². The lowest BCUT2D eigenvalue weighted by Gasteiger charge is -2.43. The number of nitrogens with zero attached hydrogens (tertiary/aromatic N) is 5. The summed E-state index contributed by atoms with van der Waals surface area (Å²) in [6.45, 7) is 3.74. The molecule has 2 aliphatic rings. The average Bonchev–Trinajstić information content (AvgIpc) is 3.36. The first-order chi connectivity index (χ1) is 19.4. The smallest absolute Gasteiger partial charge is 0.262 e. The summed E-state index contributed by atoms with van der Waals surface area (Å²) < 4.78 is 3.32. The number of carbonyl (C=O) groups is 1. The van der Waals surface area contributed by atoms with Crippen LogP contribution in [0.15, 0.2) is 84.0 Å². The minimum absolute atomic E-state index is 0.0899. The molecule has 208 valence electrons. The first kappa shape index (κ1) is 26.5. The highest BCUT2D eigenvalue weighted by molar-refractivity contribution is 5.80. The van der Waals surface area contributed by atoms with E-state index in [9.17, 15) is 14.7 Å². The van der Waals surface area contributed by atoms with Crippen LogP contribution in [0.5, 0.6) is 0 Å². The van der Waals surface area contributed by atoms with Crippen molar-refractivity contribution < 1.29 is 9.90 Å². The summed E-state index contributed by atoms with van der Waals surface area (Å²) in [6, 6.07) is 22.7. The lowest BCUT2D eigenvalue weighted by molar-refractivity contribution is -0.142. The van der Waals surface area contributed by atoms with E-state index < -0.39 is 5.60 Å². The summed E-state index contributed by atoms with van der Waals surface area (Å²) in [5, 5.41) is 12.0. The fourth-order valence-corrected chi connectivity index (χ4v) is 6.48. The van der Waals surface area contributed by atoms with E-state index in [2.05, 4.69) is 58.4 Å². The summed E-state index contributed by atoms with van der Waals surface area (Å²) in [6.07, 6.45) is 5.01. The van der Waals surface area contributed by atoms with Crippen LogP contribution in [0.2, 0.25) is 0 Å². The molecule has 4 aromatic rings. The number of hydrogen-bond acceptors (Lipinski definition) is 5. The fraction of sp³-hybridized carbons (Fsp3) is 0.406. The van der Waals surface area contributed by atoms with Gasteiger partial charge >= 0.3 is 0 Å². The minimum atomic E-state index is -1.05. The maximum atomic E-state index is 13.9. The predicted octanol–water partition coefficient (Wildman–Crippen LogP) is 3.39. The first-order valence-electron chi connectivity index (χ1n) is 14.2. The van der Waals surface area contributed by atoms with Crippen LogP contribution >= 0.6 is 0 Å². The van der Waals surface area contributed by atoms with Crippen molar-refractivity contribution in [3.8, 4) is 0 Å². The highest BCUT2D eigenvalue weighted by atomic mass is 16.3. The third kappa shape index (κ3) is 5.33. The number of aryl methyl sites for hydroxylation is 1. The van der Waals surface area contributed by atoms with Gasteiger partial charge in [-0.3, -0.25) is 19.1 Å². The van der Waals surface area contributed by atoms with Gasteiger partial charge in [0.15, 0.2) is 0 Å². The number of likely N-dealkylation sites (tertiary alicyclic amines) is 2. The Balaban J connectivity index is 1.13. The molecule has 2 aromatic carbocycles. The molecule has 0 bridgehead atoms. The molecule has 0 saturated carbocycles. The Morgan fingerprint density at radius 1 is 1.00 bits per heavy atom. The zero-order chi connectivity index (χ0) is 27.7. The molecule has 8 nitrogen and oxygen atoms in total. The molecule has 40 heavy (non-hydrogen) atoms. The van der Waals surface area contributed by atoms with Crippen LogP contribution in [0.3, 0.4) is 0 Å². The fourth-order valence-electron chi connectivity index (χ4n) is 6.48. The van der Waals surface area contributed by atoms with Crippen molar-refractivity contribution in [1.82, 2.24) is 23.9 Å². The molecule has 2 fully saturated rings. The summed E-state index contributed by atoms with van der Waals surface area (Å²) in [5.74, 6) is 0.210. The molecule has 1 amide bonds. The maximum Gasteiger partial charge on any atom is 0.262 e. The molecule has 2 aliphatic heterocycles. The number of aromatic nitrogens is 3. The van der Waals surface area contributed by atoms with Gasteiger partial charge < -0.3 is 14.6 Å². The number of rotatable bonds is 6. The second kappa shape index (κ2) is 11.0. The monoisotopic (exact) mass is 539 g/mol. The lowest BCUT2D eigenvalue weighted by Crippen LogP contribution is -2.53. The Labute approximate surface area is 234 Å². The number of hydrogen-bond donors (Lipinski definition) is 1. The minimum Gasteiger partial charge on any atom is -0.388 e. The number of fused-ring (bicyclic) bond motifs is 1. The molecule has 4 heterocycles. The molecule has 0 aliphatic carbocycles. The van der Waals surface area contributed by atoms with E-state index in [1.54, 1.807) is 6.07 Å². The van der Waals surface area contributed by atoms with Crippen LogP contribution < -0.4 is 5.56 Å². The summed E-state index contributed by atoms with van der Waals surface area (Å²) in [5.41, 5.74) is 1.93. The maximum absolute atomic E-state index is 13.9. The number of aliphatic hydroxyl groups is 1. The second-order valence-electron chi connectivity index (χ2n) is 11.5. The Kier molecular flexibility index (Phi) is 7.29. The van der Waals surface area contributed by atoms with Crippen LogP contribution in [0, 0.1) is 5.92 Å². The van der Waals surface area contributed by atoms with E-state index in [-0.39, 0.29) is 29.8 Å². The summed E-state index contributed by atoms with van der Waals surface area (Å²) >= 11 is 0. The van der Waals surface area contributed by atoms with Crippen molar-refractivity contribution in [2.24, 2.45) is 13.0 Å². The molecule has 8 heteroatoms. The highest BCUT2D eigenvalue weighted by Crippen LogP contribution is 2.36. The van der Waals surface area contributed by atoms with E-state index in [0.717, 1.165) is 26.1 Å². The van der Waals surface area contributed by atoms with Crippen molar-refractivity contribution in [1.29, 1.82) is 0 Å². The molecule has 0 unspecified atom stereocenters. The van der Waals surface area contributed by atoms with Crippen molar-refractivity contribution in [2.75, 3.05) is 26.2 Å². The molecule has 2 atom stereocenters. The third-order valence-corrected chi connectivity index (χ3v) is 8.81. The quantitative estimate of drug-likeness (QED) is 0.406. The Bertz CT molecular complexity index is 1520. The molecular weight excluding hydrogens is 502 g/mol. The number of carbonyl (C=O) groups excluding carboxylic acids is 1.